The molecular formula is C8H15OSi. The van der Waals surface area contributed by atoms with Crippen LogP contribution >= 0.6 is 0 Å². The average molecular weight is 155 g/mol. The molecule has 2 heteroatoms. The van der Waals surface area contributed by atoms with E-state index in [-0.39, 0.29) is 0 Å². The van der Waals surface area contributed by atoms with Gasteiger partial charge in [-0.1, -0.05) is 0 Å². The molecule has 0 aromatic carbocycles. The van der Waals surface area contributed by atoms with Gasteiger partial charge in [-0.3, -0.25) is 0 Å². The van der Waals surface area contributed by atoms with E-state index in [9.17, 15) is 0 Å². The number of aliphatic hydroxyl groups is 1. The lowest BCUT2D eigenvalue weighted by atomic mass is 10.2. The molecule has 1 aliphatic rings. The molecule has 10 heavy (non-hydrogen) atoms. The smallest absolute Gasteiger partial charge is 0.0433 e. The molecule has 1 nitrogen and oxygen atoms in total. The van der Waals surface area contributed by atoms with Crippen molar-refractivity contribution < 1.29 is 5.11 Å². The Balaban J connectivity index is 1.96. The van der Waals surface area contributed by atoms with Crippen molar-refractivity contribution in [2.24, 2.45) is 11.8 Å². The molecule has 0 unspecified atom stereocenters. The quantitative estimate of drug-likeness (QED) is 0.586. The highest BCUT2D eigenvalue weighted by Crippen LogP contribution is 2.43. The van der Waals surface area contributed by atoms with Gasteiger partial charge in [-0.15, -0.1) is 6.17 Å². The van der Waals surface area contributed by atoms with Gasteiger partial charge in [-0.25, -0.2) is 0 Å². The maximum absolute atomic E-state index is 8.61. The van der Waals surface area contributed by atoms with Crippen molar-refractivity contribution in [2.75, 3.05) is 6.61 Å². The van der Waals surface area contributed by atoms with E-state index in [0.717, 1.165) is 27.4 Å². The zero-order valence-corrected chi connectivity index (χ0v) is 7.34. The van der Waals surface area contributed by atoms with E-state index < -0.39 is 0 Å². The maximum Gasteiger partial charge on any atom is 0.0433 e. The number of hydrogen-bond acceptors (Lipinski definition) is 1. The van der Waals surface area contributed by atoms with Crippen molar-refractivity contribution in [3.63, 3.8) is 0 Å². The van der Waals surface area contributed by atoms with Gasteiger partial charge in [0.05, 0.1) is 0 Å². The fraction of sp³-hybridized carbons (Fsp3) is 0.875. The summed E-state index contributed by atoms with van der Waals surface area (Å²) in [5, 5.41) is 8.61. The summed E-state index contributed by atoms with van der Waals surface area (Å²) in [6, 6.07) is 1.30. The first-order valence-electron chi connectivity index (χ1n) is 3.99. The average Bonchev–Trinajstić information content (AvgIpc) is 2.65. The molecule has 0 aromatic rings. The summed E-state index contributed by atoms with van der Waals surface area (Å²) in [5.41, 5.74) is 0. The summed E-state index contributed by atoms with van der Waals surface area (Å²) in [7, 11) is 0.870. The van der Waals surface area contributed by atoms with Gasteiger partial charge >= 0.3 is 0 Å². The molecule has 1 radical (unpaired) electrons. The van der Waals surface area contributed by atoms with Crippen LogP contribution in [0.3, 0.4) is 0 Å². The van der Waals surface area contributed by atoms with Gasteiger partial charge in [-0.05, 0) is 37.1 Å². The van der Waals surface area contributed by atoms with Gasteiger partial charge in [0.15, 0.2) is 0 Å². The van der Waals surface area contributed by atoms with Gasteiger partial charge in [0.25, 0.3) is 0 Å². The minimum atomic E-state index is 0.383. The molecule has 0 aliphatic heterocycles. The van der Waals surface area contributed by atoms with Crippen molar-refractivity contribution >= 4 is 15.3 Å². The minimum absolute atomic E-state index is 0.383. The molecule has 0 heterocycles. The van der Waals surface area contributed by atoms with Crippen LogP contribution in [0.1, 0.15) is 19.3 Å². The van der Waals surface area contributed by atoms with Crippen LogP contribution in [0.15, 0.2) is 0 Å². The molecule has 57 valence electrons. The standard InChI is InChI=1S/C8H15OSi/c1-10-5-3-8-6-7(8)2-4-9/h7-9H,1-6H2/t7-,8+/m1/s1. The molecule has 2 atom stereocenters. The highest BCUT2D eigenvalue weighted by molar-refractivity contribution is 6.40. The fourth-order valence-electron chi connectivity index (χ4n) is 1.47. The summed E-state index contributed by atoms with van der Waals surface area (Å²) >= 11 is 0. The summed E-state index contributed by atoms with van der Waals surface area (Å²) in [6.07, 6.45) is 7.59. The van der Waals surface area contributed by atoms with Gasteiger partial charge in [0.2, 0.25) is 0 Å². The third-order valence-corrected chi connectivity index (χ3v) is 2.90. The Kier molecular flexibility index (Phi) is 3.29. The van der Waals surface area contributed by atoms with Crippen molar-refractivity contribution in [3.05, 3.63) is 0 Å². The number of rotatable bonds is 5. The fourth-order valence-corrected chi connectivity index (χ4v) is 2.05. The molecule has 1 fully saturated rings. The van der Waals surface area contributed by atoms with Crippen LogP contribution < -0.4 is 0 Å². The summed E-state index contributed by atoms with van der Waals surface area (Å²) in [6.45, 7) is 0.383. The second kappa shape index (κ2) is 4.04. The van der Waals surface area contributed by atoms with Crippen LogP contribution in [0.2, 0.25) is 6.04 Å². The molecule has 1 rings (SSSR count). The first-order chi connectivity index (χ1) is 4.88. The molecule has 0 spiro atoms. The Hall–Kier alpha value is 0.0469. The van der Waals surface area contributed by atoms with E-state index in [1.807, 2.05) is 0 Å². The van der Waals surface area contributed by atoms with E-state index >= 15 is 0 Å². The molecule has 0 bridgehead atoms. The Bertz CT molecular complexity index is 114. The molecule has 0 saturated heterocycles. The van der Waals surface area contributed by atoms with E-state index in [1.165, 1.54) is 18.9 Å². The first kappa shape index (κ1) is 8.15. The largest absolute Gasteiger partial charge is 0.396 e. The summed E-state index contributed by atoms with van der Waals surface area (Å²) in [5.74, 6) is 1.81. The second-order valence-corrected chi connectivity index (χ2v) is 4.06. The van der Waals surface area contributed by atoms with Gasteiger partial charge in [0.1, 0.15) is 0 Å². The lowest BCUT2D eigenvalue weighted by Gasteiger charge is -1.93. The van der Waals surface area contributed by atoms with Crippen molar-refractivity contribution in [2.45, 2.75) is 25.3 Å². The molecule has 1 aliphatic carbocycles. The first-order valence-corrected chi connectivity index (χ1v) is 5.40. The zero-order chi connectivity index (χ0) is 7.40. The minimum Gasteiger partial charge on any atom is -0.396 e. The third-order valence-electron chi connectivity index (χ3n) is 2.26. The van der Waals surface area contributed by atoms with Crippen LogP contribution in [0.25, 0.3) is 0 Å². The Morgan fingerprint density at radius 2 is 2.10 bits per heavy atom. The van der Waals surface area contributed by atoms with Crippen LogP contribution in [0.4, 0.5) is 0 Å². The SMILES string of the molecule is C=[Si]CC[C@H]1C[C@H]1CCO. The van der Waals surface area contributed by atoms with Gasteiger partial charge in [0, 0.05) is 15.7 Å². The van der Waals surface area contributed by atoms with Crippen LogP contribution in [-0.2, 0) is 0 Å². The predicted molar refractivity (Wildman–Crippen MR) is 45.6 cm³/mol. The lowest BCUT2D eigenvalue weighted by molar-refractivity contribution is 0.276. The van der Waals surface area contributed by atoms with Crippen LogP contribution in [0, 0.1) is 11.8 Å². The van der Waals surface area contributed by atoms with Crippen LogP contribution in [-0.4, -0.2) is 27.0 Å². The zero-order valence-electron chi connectivity index (χ0n) is 6.34. The molecule has 1 saturated carbocycles. The third kappa shape index (κ3) is 2.35. The van der Waals surface area contributed by atoms with Crippen LogP contribution in [0.5, 0.6) is 0 Å². The van der Waals surface area contributed by atoms with Gasteiger partial charge in [-0.2, -0.15) is 0 Å². The monoisotopic (exact) mass is 155 g/mol. The Morgan fingerprint density at radius 3 is 2.70 bits per heavy atom. The Labute approximate surface area is 64.9 Å². The molecule has 1 N–H and O–H groups in total. The van der Waals surface area contributed by atoms with E-state index in [1.54, 1.807) is 0 Å². The van der Waals surface area contributed by atoms with Gasteiger partial charge < -0.3 is 5.11 Å². The molecular weight excluding hydrogens is 140 g/mol. The van der Waals surface area contributed by atoms with Crippen molar-refractivity contribution in [3.8, 4) is 0 Å². The maximum atomic E-state index is 8.61. The lowest BCUT2D eigenvalue weighted by Crippen LogP contribution is -1.88. The predicted octanol–water partition coefficient (Wildman–Crippen LogP) is 0.949. The van der Waals surface area contributed by atoms with Crippen molar-refractivity contribution in [1.82, 2.24) is 0 Å². The topological polar surface area (TPSA) is 20.2 Å². The Morgan fingerprint density at radius 1 is 1.40 bits per heavy atom. The van der Waals surface area contributed by atoms with Crippen molar-refractivity contribution in [1.29, 1.82) is 0 Å². The summed E-state index contributed by atoms with van der Waals surface area (Å²) < 4.78 is 0. The molecule has 0 amide bonds. The van der Waals surface area contributed by atoms with E-state index in [4.69, 9.17) is 5.11 Å². The highest BCUT2D eigenvalue weighted by atomic mass is 28.2. The number of hydrogen-bond donors (Lipinski definition) is 1. The van der Waals surface area contributed by atoms with E-state index in [0.29, 0.717) is 6.61 Å². The number of aliphatic hydroxyl groups excluding tert-OH is 1. The molecule has 0 aromatic heterocycles. The van der Waals surface area contributed by atoms with E-state index in [2.05, 4.69) is 6.17 Å². The second-order valence-electron chi connectivity index (χ2n) is 3.06. The summed E-state index contributed by atoms with van der Waals surface area (Å²) in [4.78, 5) is 0. The highest BCUT2D eigenvalue weighted by Gasteiger charge is 2.34. The normalized spacial score (nSPS) is 30.1.